The van der Waals surface area contributed by atoms with Crippen LogP contribution in [-0.2, 0) is 24.7 Å². The van der Waals surface area contributed by atoms with Crippen molar-refractivity contribution in [3.05, 3.63) is 105 Å². The number of pyridine rings is 1. The molecule has 4 aromatic rings. The highest BCUT2D eigenvalue weighted by Gasteiger charge is 2.25. The molecule has 0 aliphatic heterocycles. The second-order valence-electron chi connectivity index (χ2n) is 9.13. The fourth-order valence-corrected chi connectivity index (χ4v) is 4.62. The quantitative estimate of drug-likeness (QED) is 0.292. The number of aryl methyl sites for hydroxylation is 1. The van der Waals surface area contributed by atoms with Crippen LogP contribution in [0.5, 0.6) is 5.75 Å². The van der Waals surface area contributed by atoms with Gasteiger partial charge in [0, 0.05) is 48.3 Å². The highest BCUT2D eigenvalue weighted by Crippen LogP contribution is 2.34. The van der Waals surface area contributed by atoms with E-state index in [1.807, 2.05) is 0 Å². The third-order valence-electron chi connectivity index (χ3n) is 6.39. The summed E-state index contributed by atoms with van der Waals surface area (Å²) in [6.07, 6.45) is 5.03. The molecule has 9 nitrogen and oxygen atoms in total. The summed E-state index contributed by atoms with van der Waals surface area (Å²) < 4.78 is 8.54. The van der Waals surface area contributed by atoms with Crippen molar-refractivity contribution in [1.82, 2.24) is 14.3 Å². The molecule has 0 unspecified atom stereocenters. The Balaban J connectivity index is 1.79. The molecule has 1 N–H and O–H groups in total. The zero-order valence-electron chi connectivity index (χ0n) is 21.6. The third kappa shape index (κ3) is 6.15. The van der Waals surface area contributed by atoms with E-state index in [0.717, 1.165) is 5.56 Å². The number of halogens is 1. The summed E-state index contributed by atoms with van der Waals surface area (Å²) in [6.45, 7) is 1.42. The highest BCUT2D eigenvalue weighted by molar-refractivity contribution is 6.31. The fraction of sp³-hybridized carbons (Fsp3) is 0.207. The molecular weight excluding hydrogens is 522 g/mol. The van der Waals surface area contributed by atoms with E-state index in [9.17, 15) is 19.2 Å². The lowest BCUT2D eigenvalue weighted by Crippen LogP contribution is -2.32. The highest BCUT2D eigenvalue weighted by atomic mass is 35.5. The van der Waals surface area contributed by atoms with Crippen molar-refractivity contribution < 1.29 is 24.2 Å². The average Bonchev–Trinajstić information content (AvgIpc) is 3.31. The first-order valence-electron chi connectivity index (χ1n) is 12.0. The Morgan fingerprint density at radius 3 is 2.33 bits per heavy atom. The number of aromatic nitrogens is 3. The molecule has 39 heavy (non-hydrogen) atoms. The number of carbonyl (C=O) groups excluding carboxylic acids is 2. The van der Waals surface area contributed by atoms with Crippen LogP contribution < -0.4 is 10.3 Å². The molecule has 1 atom stereocenters. The second kappa shape index (κ2) is 11.5. The van der Waals surface area contributed by atoms with Gasteiger partial charge in [-0.15, -0.1) is 0 Å². The third-order valence-corrected chi connectivity index (χ3v) is 6.62. The van der Waals surface area contributed by atoms with Crippen LogP contribution in [0.1, 0.15) is 44.8 Å². The largest absolute Gasteiger partial charge is 0.495 e. The average molecular weight is 548 g/mol. The lowest BCUT2D eigenvalue weighted by atomic mass is 9.96. The van der Waals surface area contributed by atoms with E-state index in [1.54, 1.807) is 54.5 Å². The minimum atomic E-state index is -1.06. The Bertz CT molecular complexity index is 1620. The molecule has 0 aliphatic rings. The number of methoxy groups -OCH3 is 1. The molecule has 2 aromatic heterocycles. The number of aromatic carboxylic acids is 1. The van der Waals surface area contributed by atoms with Crippen LogP contribution in [0, 0.1) is 0 Å². The van der Waals surface area contributed by atoms with Crippen LogP contribution >= 0.6 is 11.6 Å². The molecule has 0 bridgehead atoms. The van der Waals surface area contributed by atoms with Crippen molar-refractivity contribution in [2.75, 3.05) is 7.11 Å². The van der Waals surface area contributed by atoms with Crippen molar-refractivity contribution in [3.63, 3.8) is 0 Å². The Morgan fingerprint density at radius 2 is 1.74 bits per heavy atom. The Kier molecular flexibility index (Phi) is 8.11. The standard InChI is InChI=1S/C29H26ClN3O6/c1-17(34)22-9-8-21(30)12-23(22)24-13-28(36)33(16-27(24)39-3)25(10-19-14-31-32(2)15-19)26(35)11-18-4-6-20(7-5-18)29(37)38/h4-9,12-16,25H,10-11H2,1-3H3,(H,37,38)/t25-/m0/s1. The van der Waals surface area contributed by atoms with Gasteiger partial charge in [0.2, 0.25) is 0 Å². The summed E-state index contributed by atoms with van der Waals surface area (Å²) in [7, 11) is 3.19. The number of benzene rings is 2. The van der Waals surface area contributed by atoms with Gasteiger partial charge in [-0.3, -0.25) is 19.1 Å². The number of rotatable bonds is 10. The molecule has 0 fully saturated rings. The summed E-state index contributed by atoms with van der Waals surface area (Å²) in [6, 6.07) is 11.2. The van der Waals surface area contributed by atoms with Gasteiger partial charge in [0.15, 0.2) is 11.6 Å². The molecule has 0 saturated carbocycles. The molecule has 0 radical (unpaired) electrons. The van der Waals surface area contributed by atoms with E-state index in [2.05, 4.69) is 5.10 Å². The normalized spacial score (nSPS) is 11.7. The van der Waals surface area contributed by atoms with Gasteiger partial charge in [0.25, 0.3) is 5.56 Å². The van der Waals surface area contributed by atoms with E-state index >= 15 is 0 Å². The number of ether oxygens (including phenoxy) is 1. The van der Waals surface area contributed by atoms with Crippen LogP contribution in [0.15, 0.2) is 71.9 Å². The maximum atomic E-state index is 13.6. The molecule has 0 amide bonds. The number of nitrogens with zero attached hydrogens (tertiary/aromatic N) is 3. The summed E-state index contributed by atoms with van der Waals surface area (Å²) >= 11 is 6.21. The van der Waals surface area contributed by atoms with Crippen molar-refractivity contribution in [1.29, 1.82) is 0 Å². The summed E-state index contributed by atoms with van der Waals surface area (Å²) in [5.41, 5.74) is 2.21. The lowest BCUT2D eigenvalue weighted by Gasteiger charge is -2.21. The van der Waals surface area contributed by atoms with Crippen molar-refractivity contribution >= 4 is 29.1 Å². The van der Waals surface area contributed by atoms with Crippen LogP contribution in [0.2, 0.25) is 5.02 Å². The van der Waals surface area contributed by atoms with Gasteiger partial charge < -0.3 is 14.4 Å². The molecule has 0 saturated heterocycles. The van der Waals surface area contributed by atoms with Gasteiger partial charge in [-0.25, -0.2) is 4.79 Å². The molecule has 10 heteroatoms. The Morgan fingerprint density at radius 1 is 1.03 bits per heavy atom. The van der Waals surface area contributed by atoms with Gasteiger partial charge in [0.1, 0.15) is 5.75 Å². The first-order valence-corrected chi connectivity index (χ1v) is 12.4. The number of hydrogen-bond donors (Lipinski definition) is 1. The van der Waals surface area contributed by atoms with E-state index < -0.39 is 17.6 Å². The predicted molar refractivity (Wildman–Crippen MR) is 146 cm³/mol. The number of ketones is 2. The zero-order chi connectivity index (χ0) is 28.3. The smallest absolute Gasteiger partial charge is 0.335 e. The van der Waals surface area contributed by atoms with E-state index in [0.29, 0.717) is 27.3 Å². The fourth-order valence-electron chi connectivity index (χ4n) is 4.44. The van der Waals surface area contributed by atoms with E-state index in [4.69, 9.17) is 21.4 Å². The first-order chi connectivity index (χ1) is 18.6. The lowest BCUT2D eigenvalue weighted by molar-refractivity contribution is -0.121. The molecule has 200 valence electrons. The van der Waals surface area contributed by atoms with Crippen molar-refractivity contribution in [2.24, 2.45) is 7.05 Å². The predicted octanol–water partition coefficient (Wildman–Crippen LogP) is 4.41. The second-order valence-corrected chi connectivity index (χ2v) is 9.57. The minimum absolute atomic E-state index is 0.0237. The van der Waals surface area contributed by atoms with Crippen molar-refractivity contribution in [2.45, 2.75) is 25.8 Å². The molecule has 0 aliphatic carbocycles. The van der Waals surface area contributed by atoms with Crippen LogP contribution in [0.25, 0.3) is 11.1 Å². The van der Waals surface area contributed by atoms with Crippen molar-refractivity contribution in [3.8, 4) is 16.9 Å². The van der Waals surface area contributed by atoms with E-state index in [-0.39, 0.29) is 35.7 Å². The number of carbonyl (C=O) groups is 3. The summed E-state index contributed by atoms with van der Waals surface area (Å²) in [5.74, 6) is -1.24. The number of hydrogen-bond acceptors (Lipinski definition) is 6. The first kappa shape index (κ1) is 27.5. The molecule has 2 aromatic carbocycles. The van der Waals surface area contributed by atoms with Gasteiger partial charge >= 0.3 is 5.97 Å². The van der Waals surface area contributed by atoms with Gasteiger partial charge in [-0.2, -0.15) is 5.10 Å². The van der Waals surface area contributed by atoms with Gasteiger partial charge in [0.05, 0.1) is 31.1 Å². The maximum absolute atomic E-state index is 13.6. The van der Waals surface area contributed by atoms with Crippen LogP contribution in [0.4, 0.5) is 0 Å². The van der Waals surface area contributed by atoms with Gasteiger partial charge in [-0.1, -0.05) is 23.7 Å². The van der Waals surface area contributed by atoms with Crippen LogP contribution in [-0.4, -0.2) is 44.1 Å². The van der Waals surface area contributed by atoms with E-state index in [1.165, 1.54) is 43.0 Å². The molecular formula is C29H26ClN3O6. The molecule has 2 heterocycles. The van der Waals surface area contributed by atoms with Crippen LogP contribution in [0.3, 0.4) is 0 Å². The molecule has 4 rings (SSSR count). The Hall–Kier alpha value is -4.50. The summed E-state index contributed by atoms with van der Waals surface area (Å²) in [5, 5.41) is 13.7. The summed E-state index contributed by atoms with van der Waals surface area (Å²) in [4.78, 5) is 50.6. The van der Waals surface area contributed by atoms with Gasteiger partial charge in [-0.05, 0) is 53.9 Å². The topological polar surface area (TPSA) is 120 Å². The molecule has 0 spiro atoms. The number of Topliss-reactive ketones (excluding diaryl/α,β-unsaturated/α-hetero) is 2. The monoisotopic (exact) mass is 547 g/mol. The zero-order valence-corrected chi connectivity index (χ0v) is 22.3. The minimum Gasteiger partial charge on any atom is -0.495 e. The SMILES string of the molecule is COc1cn([C@@H](Cc2cnn(C)c2)C(=O)Cc2ccc(C(=O)O)cc2)c(=O)cc1-c1cc(Cl)ccc1C(C)=O. The maximum Gasteiger partial charge on any atom is 0.335 e. The number of carboxylic acid groups (broad SMARTS) is 1. The number of carboxylic acids is 1. The Labute approximate surface area is 229 Å².